The third-order valence-electron chi connectivity index (χ3n) is 4.70. The van der Waals surface area contributed by atoms with Crippen molar-refractivity contribution in [2.24, 2.45) is 5.41 Å². The molecule has 1 fully saturated rings. The summed E-state index contributed by atoms with van der Waals surface area (Å²) in [5.41, 5.74) is 0.628. The molecule has 1 saturated heterocycles. The third-order valence-corrected chi connectivity index (χ3v) is 7.03. The molecule has 0 amide bonds. The van der Waals surface area contributed by atoms with Crippen LogP contribution in [0.5, 0.6) is 0 Å². The predicted octanol–water partition coefficient (Wildman–Crippen LogP) is 3.03. The zero-order valence-corrected chi connectivity index (χ0v) is 14.0. The van der Waals surface area contributed by atoms with Gasteiger partial charge in [-0.1, -0.05) is 31.5 Å². The Hall–Kier alpha value is -0.620. The molecule has 0 radical (unpaired) electrons. The van der Waals surface area contributed by atoms with Crippen LogP contribution >= 0.6 is 11.6 Å². The van der Waals surface area contributed by atoms with Gasteiger partial charge in [-0.15, -0.1) is 0 Å². The smallest absolute Gasteiger partial charge is 0.244 e. The number of nitrogens with zero attached hydrogens (tertiary/aromatic N) is 1. The Bertz CT molecular complexity index is 611. The molecule has 6 heteroatoms. The summed E-state index contributed by atoms with van der Waals surface area (Å²) < 4.78 is 27.1. The van der Waals surface area contributed by atoms with Gasteiger partial charge in [-0.05, 0) is 42.4 Å². The molecule has 1 aromatic rings. The minimum atomic E-state index is -3.60. The third kappa shape index (κ3) is 3.11. The summed E-state index contributed by atoms with van der Waals surface area (Å²) in [5.74, 6) is 0. The average Bonchev–Trinajstić information content (AvgIpc) is 2.93. The minimum absolute atomic E-state index is 0.0775. The lowest BCUT2D eigenvalue weighted by molar-refractivity contribution is 0.279. The summed E-state index contributed by atoms with van der Waals surface area (Å²) in [6, 6.07) is 4.63. The minimum Gasteiger partial charge on any atom is -0.392 e. The molecule has 0 spiro atoms. The first-order chi connectivity index (χ1) is 9.88. The maximum Gasteiger partial charge on any atom is 0.244 e. The van der Waals surface area contributed by atoms with Crippen molar-refractivity contribution < 1.29 is 13.5 Å². The Kier molecular flexibility index (Phi) is 4.98. The van der Waals surface area contributed by atoms with Gasteiger partial charge < -0.3 is 5.11 Å². The highest BCUT2D eigenvalue weighted by Crippen LogP contribution is 2.40. The fraction of sp³-hybridized carbons (Fsp3) is 0.600. The fourth-order valence-electron chi connectivity index (χ4n) is 2.91. The summed E-state index contributed by atoms with van der Waals surface area (Å²) in [4.78, 5) is 0.0960. The molecule has 2 rings (SSSR count). The highest BCUT2D eigenvalue weighted by atomic mass is 35.5. The van der Waals surface area contributed by atoms with E-state index in [9.17, 15) is 13.5 Å². The second kappa shape index (κ2) is 6.24. The monoisotopic (exact) mass is 331 g/mol. The van der Waals surface area contributed by atoms with Crippen molar-refractivity contribution in [1.82, 2.24) is 4.31 Å². The van der Waals surface area contributed by atoms with E-state index in [0.717, 1.165) is 19.3 Å². The van der Waals surface area contributed by atoms with E-state index >= 15 is 0 Å². The van der Waals surface area contributed by atoms with Crippen LogP contribution in [0.25, 0.3) is 0 Å². The Labute approximate surface area is 131 Å². The normalized spacial score (nSPS) is 19.0. The van der Waals surface area contributed by atoms with Crippen molar-refractivity contribution in [3.63, 3.8) is 0 Å². The van der Waals surface area contributed by atoms with Crippen LogP contribution in [-0.2, 0) is 16.6 Å². The van der Waals surface area contributed by atoms with Crippen molar-refractivity contribution in [1.29, 1.82) is 0 Å². The van der Waals surface area contributed by atoms with E-state index in [-0.39, 0.29) is 21.9 Å². The Balaban J connectivity index is 2.36. The highest BCUT2D eigenvalue weighted by molar-refractivity contribution is 7.89. The molecule has 0 unspecified atom stereocenters. The summed E-state index contributed by atoms with van der Waals surface area (Å²) in [6.07, 6.45) is 2.83. The maximum absolute atomic E-state index is 12.8. The van der Waals surface area contributed by atoms with Crippen LogP contribution in [0.3, 0.4) is 0 Å². The topological polar surface area (TPSA) is 57.6 Å². The second-order valence-corrected chi connectivity index (χ2v) is 8.03. The van der Waals surface area contributed by atoms with Crippen molar-refractivity contribution >= 4 is 21.6 Å². The molecule has 1 aromatic carbocycles. The summed E-state index contributed by atoms with van der Waals surface area (Å²) >= 11 is 6.07. The summed E-state index contributed by atoms with van der Waals surface area (Å²) in [6.45, 7) is 5.09. The number of hydrogen-bond acceptors (Lipinski definition) is 3. The molecule has 1 aliphatic rings. The SMILES string of the molecule is CCC1(CC)CCN(S(=O)(=O)c2cc(CO)ccc2Cl)C1. The molecule has 1 N–H and O–H groups in total. The zero-order chi connectivity index (χ0) is 15.7. The molecule has 0 aromatic heterocycles. The predicted molar refractivity (Wildman–Crippen MR) is 83.8 cm³/mol. The standard InChI is InChI=1S/C15H22ClNO3S/c1-3-15(4-2)7-8-17(11-15)21(19,20)14-9-12(10-18)5-6-13(14)16/h5-6,9,18H,3-4,7-8,10-11H2,1-2H3. The molecule has 0 atom stereocenters. The van der Waals surface area contributed by atoms with Crippen molar-refractivity contribution in [3.05, 3.63) is 28.8 Å². The lowest BCUT2D eigenvalue weighted by Gasteiger charge is -2.26. The largest absolute Gasteiger partial charge is 0.392 e. The van der Waals surface area contributed by atoms with Gasteiger partial charge in [-0.2, -0.15) is 4.31 Å². The van der Waals surface area contributed by atoms with E-state index in [1.54, 1.807) is 6.07 Å². The molecule has 21 heavy (non-hydrogen) atoms. The van der Waals surface area contributed by atoms with Crippen molar-refractivity contribution in [3.8, 4) is 0 Å². The van der Waals surface area contributed by atoms with Gasteiger partial charge in [0.2, 0.25) is 10.0 Å². The van der Waals surface area contributed by atoms with Crippen molar-refractivity contribution in [2.45, 2.75) is 44.6 Å². The number of aliphatic hydroxyl groups is 1. The van der Waals surface area contributed by atoms with Crippen LogP contribution in [0.1, 0.15) is 38.7 Å². The van der Waals surface area contributed by atoms with Gasteiger partial charge in [-0.3, -0.25) is 0 Å². The number of aliphatic hydroxyl groups excluding tert-OH is 1. The number of sulfonamides is 1. The van der Waals surface area contributed by atoms with Crippen LogP contribution < -0.4 is 0 Å². The van der Waals surface area contributed by atoms with Gasteiger partial charge in [0, 0.05) is 13.1 Å². The quantitative estimate of drug-likeness (QED) is 0.902. The van der Waals surface area contributed by atoms with Crippen molar-refractivity contribution in [2.75, 3.05) is 13.1 Å². The van der Waals surface area contributed by atoms with Gasteiger partial charge >= 0.3 is 0 Å². The Morgan fingerprint density at radius 3 is 2.52 bits per heavy atom. The van der Waals surface area contributed by atoms with Crippen LogP contribution in [-0.4, -0.2) is 30.9 Å². The molecule has 4 nitrogen and oxygen atoms in total. The molecule has 1 aliphatic heterocycles. The molecular weight excluding hydrogens is 310 g/mol. The van der Waals surface area contributed by atoms with Crippen LogP contribution in [0.4, 0.5) is 0 Å². The zero-order valence-electron chi connectivity index (χ0n) is 12.5. The van der Waals surface area contributed by atoms with Crippen LogP contribution in [0.2, 0.25) is 5.02 Å². The van der Waals surface area contributed by atoms with E-state index in [0.29, 0.717) is 18.7 Å². The van der Waals surface area contributed by atoms with Gasteiger partial charge in [-0.25, -0.2) is 8.42 Å². The Morgan fingerprint density at radius 1 is 1.33 bits per heavy atom. The molecular formula is C15H22ClNO3S. The average molecular weight is 332 g/mol. The fourth-order valence-corrected chi connectivity index (χ4v) is 4.99. The van der Waals surface area contributed by atoms with E-state index in [2.05, 4.69) is 13.8 Å². The van der Waals surface area contributed by atoms with E-state index in [1.807, 2.05) is 0 Å². The first-order valence-electron chi connectivity index (χ1n) is 7.28. The first kappa shape index (κ1) is 16.7. The summed E-state index contributed by atoms with van der Waals surface area (Å²) in [5, 5.41) is 9.40. The number of rotatable bonds is 5. The molecule has 0 saturated carbocycles. The van der Waals surface area contributed by atoms with Crippen LogP contribution in [0.15, 0.2) is 23.1 Å². The molecule has 118 valence electrons. The van der Waals surface area contributed by atoms with E-state index in [1.165, 1.54) is 16.4 Å². The maximum atomic E-state index is 12.8. The number of halogens is 1. The van der Waals surface area contributed by atoms with Gasteiger partial charge in [0.1, 0.15) is 4.90 Å². The lowest BCUT2D eigenvalue weighted by Crippen LogP contribution is -2.32. The second-order valence-electron chi connectivity index (χ2n) is 5.72. The van der Waals surface area contributed by atoms with E-state index < -0.39 is 10.0 Å². The highest BCUT2D eigenvalue weighted by Gasteiger charge is 2.41. The molecule has 0 aliphatic carbocycles. The van der Waals surface area contributed by atoms with Gasteiger partial charge in [0.15, 0.2) is 0 Å². The van der Waals surface area contributed by atoms with Gasteiger partial charge in [0.25, 0.3) is 0 Å². The first-order valence-corrected chi connectivity index (χ1v) is 9.10. The lowest BCUT2D eigenvalue weighted by atomic mass is 9.82. The Morgan fingerprint density at radius 2 is 2.00 bits per heavy atom. The van der Waals surface area contributed by atoms with E-state index in [4.69, 9.17) is 11.6 Å². The molecule has 0 bridgehead atoms. The molecule has 1 heterocycles. The van der Waals surface area contributed by atoms with Crippen LogP contribution in [0, 0.1) is 5.41 Å². The van der Waals surface area contributed by atoms with Gasteiger partial charge in [0.05, 0.1) is 11.6 Å². The number of benzene rings is 1. The number of hydrogen-bond donors (Lipinski definition) is 1. The summed E-state index contributed by atoms with van der Waals surface area (Å²) in [7, 11) is -3.60.